The highest BCUT2D eigenvalue weighted by Crippen LogP contribution is 2.39. The summed E-state index contributed by atoms with van der Waals surface area (Å²) in [5.74, 6) is 2.02. The van der Waals surface area contributed by atoms with Crippen LogP contribution < -0.4 is 13.1 Å². The van der Waals surface area contributed by atoms with E-state index < -0.39 is 0 Å². The highest BCUT2D eigenvalue weighted by Gasteiger charge is 2.13. The maximum Gasteiger partial charge on any atom is 0.145 e. The summed E-state index contributed by atoms with van der Waals surface area (Å²) in [7, 11) is 1.62. The lowest BCUT2D eigenvalue weighted by Crippen LogP contribution is -1.91. The van der Waals surface area contributed by atoms with Gasteiger partial charge in [-0.3, -0.25) is 0 Å². The second-order valence-electron chi connectivity index (χ2n) is 4.04. The fourth-order valence-corrected chi connectivity index (χ4v) is 2.15. The summed E-state index contributed by atoms with van der Waals surface area (Å²) in [6.45, 7) is 1.99. The Bertz CT molecular complexity index is 585. The number of ether oxygens (including phenoxy) is 1. The molecule has 2 rings (SSSR count). The first-order valence-electron chi connectivity index (χ1n) is 5.61. The molecule has 0 atom stereocenters. The van der Waals surface area contributed by atoms with Gasteiger partial charge in [-0.25, -0.2) is 0 Å². The second-order valence-corrected chi connectivity index (χ2v) is 4.41. The van der Waals surface area contributed by atoms with Crippen LogP contribution in [0.25, 0.3) is 11.1 Å². The van der Waals surface area contributed by atoms with E-state index in [2.05, 4.69) is 25.8 Å². The van der Waals surface area contributed by atoms with Gasteiger partial charge in [0.1, 0.15) is 17.2 Å². The van der Waals surface area contributed by atoms with Gasteiger partial charge in [0.25, 0.3) is 0 Å². The highest BCUT2D eigenvalue weighted by atomic mass is 32.1. The molecule has 100 valence electrons. The van der Waals surface area contributed by atoms with Gasteiger partial charge in [-0.1, -0.05) is 12.1 Å². The van der Waals surface area contributed by atoms with E-state index in [0.717, 1.165) is 22.4 Å². The van der Waals surface area contributed by atoms with E-state index in [4.69, 9.17) is 13.1 Å². The Morgan fingerprint density at radius 3 is 2.26 bits per heavy atom. The first-order chi connectivity index (χ1) is 9.19. The smallest absolute Gasteiger partial charge is 0.145 e. The summed E-state index contributed by atoms with van der Waals surface area (Å²) < 4.78 is 15.5. The van der Waals surface area contributed by atoms with E-state index in [1.54, 1.807) is 13.2 Å². The number of benzene rings is 2. The van der Waals surface area contributed by atoms with E-state index >= 15 is 0 Å². The van der Waals surface area contributed by atoms with Crippen molar-refractivity contribution in [3.05, 3.63) is 42.0 Å². The van der Waals surface area contributed by atoms with Gasteiger partial charge >= 0.3 is 0 Å². The van der Waals surface area contributed by atoms with Gasteiger partial charge in [0.05, 0.1) is 7.11 Å². The Labute approximate surface area is 123 Å². The molecule has 2 aromatic carbocycles. The summed E-state index contributed by atoms with van der Waals surface area (Å²) in [4.78, 5) is 0. The van der Waals surface area contributed by atoms with Crippen molar-refractivity contribution in [3.63, 3.8) is 0 Å². The summed E-state index contributed by atoms with van der Waals surface area (Å²) in [6.07, 6.45) is 0. The zero-order valence-corrected chi connectivity index (χ0v) is 12.4. The van der Waals surface area contributed by atoms with Crippen molar-refractivity contribution in [2.45, 2.75) is 6.92 Å². The van der Waals surface area contributed by atoms with Gasteiger partial charge < -0.3 is 13.1 Å². The van der Waals surface area contributed by atoms with Crippen molar-refractivity contribution in [2.24, 2.45) is 0 Å². The molecule has 0 spiro atoms. The zero-order chi connectivity index (χ0) is 13.8. The highest BCUT2D eigenvalue weighted by molar-refractivity contribution is 7.75. The molecule has 0 radical (unpaired) electrons. The molecular weight excluding hydrogens is 280 g/mol. The Kier molecular flexibility index (Phi) is 4.50. The Balaban J connectivity index is 2.62. The van der Waals surface area contributed by atoms with Gasteiger partial charge in [0.15, 0.2) is 0 Å². The fourth-order valence-electron chi connectivity index (χ4n) is 1.88. The van der Waals surface area contributed by atoms with E-state index in [9.17, 15) is 0 Å². The van der Waals surface area contributed by atoms with Crippen LogP contribution in [0.3, 0.4) is 0 Å². The summed E-state index contributed by atoms with van der Waals surface area (Å²) in [6, 6.07) is 11.3. The van der Waals surface area contributed by atoms with Gasteiger partial charge in [-0.15, -0.1) is 0 Å². The standard InChI is InChI=1S/C14H14O3S2/c1-9-3-5-11(14(7-9)17-19)12-8-10(16-18)4-6-13(12)15-2/h3-8,18-19H,1-2H3. The van der Waals surface area contributed by atoms with E-state index in [-0.39, 0.29) is 0 Å². The van der Waals surface area contributed by atoms with Gasteiger partial charge in [0.2, 0.25) is 0 Å². The summed E-state index contributed by atoms with van der Waals surface area (Å²) >= 11 is 7.71. The van der Waals surface area contributed by atoms with Crippen molar-refractivity contribution < 1.29 is 13.1 Å². The molecule has 0 bridgehead atoms. The van der Waals surface area contributed by atoms with E-state index in [1.165, 1.54) is 0 Å². The Morgan fingerprint density at radius 2 is 1.63 bits per heavy atom. The van der Waals surface area contributed by atoms with Crippen molar-refractivity contribution in [2.75, 3.05) is 7.11 Å². The lowest BCUT2D eigenvalue weighted by molar-refractivity contribution is 0.416. The second kappa shape index (κ2) is 6.12. The van der Waals surface area contributed by atoms with Crippen LogP contribution in [0.2, 0.25) is 0 Å². The van der Waals surface area contributed by atoms with Gasteiger partial charge in [-0.05, 0) is 36.8 Å². The molecule has 5 heteroatoms. The van der Waals surface area contributed by atoms with Gasteiger partial charge in [-0.2, -0.15) is 0 Å². The lowest BCUT2D eigenvalue weighted by atomic mass is 10.0. The fraction of sp³-hybridized carbons (Fsp3) is 0.143. The molecule has 3 nitrogen and oxygen atoms in total. The molecule has 0 amide bonds. The van der Waals surface area contributed by atoms with Crippen LogP contribution >= 0.6 is 25.8 Å². The number of thiol groups is 2. The number of methoxy groups -OCH3 is 1. The van der Waals surface area contributed by atoms with Crippen LogP contribution in [0.4, 0.5) is 0 Å². The van der Waals surface area contributed by atoms with Gasteiger partial charge in [0, 0.05) is 36.9 Å². The molecule has 0 aliphatic carbocycles. The minimum absolute atomic E-state index is 0.629. The molecule has 19 heavy (non-hydrogen) atoms. The topological polar surface area (TPSA) is 27.7 Å². The molecule has 0 fully saturated rings. The molecular formula is C14H14O3S2. The normalized spacial score (nSPS) is 10.1. The van der Waals surface area contributed by atoms with Crippen molar-refractivity contribution in [3.8, 4) is 28.4 Å². The number of hydrogen-bond donors (Lipinski definition) is 2. The van der Waals surface area contributed by atoms with Crippen molar-refractivity contribution >= 4 is 25.8 Å². The monoisotopic (exact) mass is 294 g/mol. The molecule has 0 heterocycles. The van der Waals surface area contributed by atoms with Crippen molar-refractivity contribution in [1.82, 2.24) is 0 Å². The summed E-state index contributed by atoms with van der Waals surface area (Å²) in [5.41, 5.74) is 2.83. The lowest BCUT2D eigenvalue weighted by Gasteiger charge is -2.13. The van der Waals surface area contributed by atoms with Crippen LogP contribution in [0.1, 0.15) is 5.56 Å². The molecule has 0 saturated carbocycles. The predicted molar refractivity (Wildman–Crippen MR) is 82.4 cm³/mol. The van der Waals surface area contributed by atoms with Crippen LogP contribution in [0.5, 0.6) is 17.2 Å². The predicted octanol–water partition coefficient (Wildman–Crippen LogP) is 4.12. The number of rotatable bonds is 4. The Morgan fingerprint density at radius 1 is 0.842 bits per heavy atom. The van der Waals surface area contributed by atoms with Crippen LogP contribution in [0.15, 0.2) is 36.4 Å². The molecule has 0 aromatic heterocycles. The average Bonchev–Trinajstić information content (AvgIpc) is 2.46. The van der Waals surface area contributed by atoms with Crippen LogP contribution in [-0.4, -0.2) is 7.11 Å². The van der Waals surface area contributed by atoms with Crippen LogP contribution in [0, 0.1) is 6.92 Å². The molecule has 2 aromatic rings. The first-order valence-corrected chi connectivity index (χ1v) is 6.34. The molecule has 0 N–H and O–H groups in total. The molecule has 0 saturated heterocycles. The SMILES string of the molecule is COc1ccc(OS)cc1-c1ccc(C)cc1OS. The summed E-state index contributed by atoms with van der Waals surface area (Å²) in [5, 5.41) is 0. The van der Waals surface area contributed by atoms with E-state index in [1.807, 2.05) is 37.3 Å². The number of aryl methyl sites for hydroxylation is 1. The molecule has 0 unspecified atom stereocenters. The Hall–Kier alpha value is -1.46. The zero-order valence-electron chi connectivity index (χ0n) is 10.6. The third-order valence-corrected chi connectivity index (χ3v) is 3.21. The number of hydrogen-bond acceptors (Lipinski definition) is 5. The average molecular weight is 294 g/mol. The third-order valence-electron chi connectivity index (χ3n) is 2.80. The van der Waals surface area contributed by atoms with Crippen molar-refractivity contribution in [1.29, 1.82) is 0 Å². The largest absolute Gasteiger partial charge is 0.496 e. The maximum atomic E-state index is 5.37. The minimum Gasteiger partial charge on any atom is -0.496 e. The molecule has 0 aliphatic heterocycles. The van der Waals surface area contributed by atoms with E-state index in [0.29, 0.717) is 11.5 Å². The quantitative estimate of drug-likeness (QED) is 0.656. The minimum atomic E-state index is 0.629. The molecule has 0 aliphatic rings. The maximum absolute atomic E-state index is 5.37. The third kappa shape index (κ3) is 2.93. The van der Waals surface area contributed by atoms with Crippen LogP contribution in [-0.2, 0) is 0 Å². The first kappa shape index (κ1) is 14.0.